The molecule has 0 saturated carbocycles. The van der Waals surface area contributed by atoms with Crippen LogP contribution in [0.25, 0.3) is 10.8 Å². The molecule has 0 saturated heterocycles. The SMILES string of the molecule is CC[C@@H](Cc1cc2ccccc2c(=O)o1)OC. The van der Waals surface area contributed by atoms with E-state index in [2.05, 4.69) is 0 Å². The molecule has 0 amide bonds. The lowest BCUT2D eigenvalue weighted by Crippen LogP contribution is -2.14. The van der Waals surface area contributed by atoms with Gasteiger partial charge in [-0.3, -0.25) is 0 Å². The molecule has 2 aromatic rings. The van der Waals surface area contributed by atoms with E-state index in [0.717, 1.165) is 11.8 Å². The fourth-order valence-corrected chi connectivity index (χ4v) is 1.91. The third-order valence-corrected chi connectivity index (χ3v) is 2.94. The summed E-state index contributed by atoms with van der Waals surface area (Å²) in [6, 6.07) is 9.36. The monoisotopic (exact) mass is 232 g/mol. The summed E-state index contributed by atoms with van der Waals surface area (Å²) in [4.78, 5) is 11.8. The summed E-state index contributed by atoms with van der Waals surface area (Å²) in [7, 11) is 1.67. The maximum Gasteiger partial charge on any atom is 0.343 e. The third-order valence-electron chi connectivity index (χ3n) is 2.94. The number of hydrogen-bond acceptors (Lipinski definition) is 3. The van der Waals surface area contributed by atoms with E-state index in [9.17, 15) is 4.79 Å². The first-order valence-electron chi connectivity index (χ1n) is 5.79. The molecule has 1 heterocycles. The van der Waals surface area contributed by atoms with E-state index in [-0.39, 0.29) is 11.7 Å². The minimum absolute atomic E-state index is 0.0966. The Hall–Kier alpha value is -1.61. The van der Waals surface area contributed by atoms with Crippen LogP contribution in [0, 0.1) is 0 Å². The summed E-state index contributed by atoms with van der Waals surface area (Å²) in [5.41, 5.74) is -0.274. The molecule has 0 aliphatic heterocycles. The van der Waals surface area contributed by atoms with Crippen LogP contribution in [0.5, 0.6) is 0 Å². The van der Waals surface area contributed by atoms with E-state index in [4.69, 9.17) is 9.15 Å². The largest absolute Gasteiger partial charge is 0.427 e. The van der Waals surface area contributed by atoms with E-state index in [0.29, 0.717) is 17.6 Å². The molecular weight excluding hydrogens is 216 g/mol. The first kappa shape index (κ1) is 11.9. The second-order valence-electron chi connectivity index (χ2n) is 4.06. The van der Waals surface area contributed by atoms with Crippen molar-refractivity contribution in [3.63, 3.8) is 0 Å². The van der Waals surface area contributed by atoms with Crippen LogP contribution in [0.3, 0.4) is 0 Å². The highest BCUT2D eigenvalue weighted by Crippen LogP contribution is 2.14. The molecule has 0 spiro atoms. The Morgan fingerprint density at radius 3 is 2.82 bits per heavy atom. The highest BCUT2D eigenvalue weighted by Gasteiger charge is 2.10. The first-order valence-corrected chi connectivity index (χ1v) is 5.79. The summed E-state index contributed by atoms with van der Waals surface area (Å²) in [6.45, 7) is 2.05. The lowest BCUT2D eigenvalue weighted by molar-refractivity contribution is 0.0945. The standard InChI is InChI=1S/C14H16O3/c1-3-11(16-2)9-12-8-10-6-4-5-7-13(10)14(15)17-12/h4-8,11H,3,9H2,1-2H3/t11-/m0/s1. The molecule has 17 heavy (non-hydrogen) atoms. The average molecular weight is 232 g/mol. The zero-order valence-corrected chi connectivity index (χ0v) is 10.1. The van der Waals surface area contributed by atoms with E-state index in [1.165, 1.54) is 0 Å². The van der Waals surface area contributed by atoms with Crippen molar-refractivity contribution in [2.45, 2.75) is 25.9 Å². The van der Waals surface area contributed by atoms with Gasteiger partial charge in [-0.05, 0) is 23.9 Å². The summed E-state index contributed by atoms with van der Waals surface area (Å²) in [5.74, 6) is 0.683. The molecule has 0 bridgehead atoms. The van der Waals surface area contributed by atoms with Gasteiger partial charge in [-0.1, -0.05) is 25.1 Å². The molecule has 90 valence electrons. The molecule has 0 unspecified atom stereocenters. The molecule has 0 fully saturated rings. The minimum atomic E-state index is -0.274. The number of ether oxygens (including phenoxy) is 1. The molecule has 0 N–H and O–H groups in total. The lowest BCUT2D eigenvalue weighted by Gasteiger charge is -2.11. The van der Waals surface area contributed by atoms with Crippen molar-refractivity contribution in [2.75, 3.05) is 7.11 Å². The summed E-state index contributed by atoms with van der Waals surface area (Å²) >= 11 is 0. The van der Waals surface area contributed by atoms with Gasteiger partial charge < -0.3 is 9.15 Å². The molecule has 0 aliphatic rings. The van der Waals surface area contributed by atoms with Gasteiger partial charge in [0.05, 0.1) is 11.5 Å². The van der Waals surface area contributed by atoms with Crippen LogP contribution in [-0.2, 0) is 11.2 Å². The zero-order chi connectivity index (χ0) is 12.3. The van der Waals surface area contributed by atoms with Gasteiger partial charge in [-0.25, -0.2) is 4.79 Å². The van der Waals surface area contributed by atoms with Crippen LogP contribution in [0.4, 0.5) is 0 Å². The van der Waals surface area contributed by atoms with Gasteiger partial charge in [0, 0.05) is 13.5 Å². The number of methoxy groups -OCH3 is 1. The topological polar surface area (TPSA) is 39.4 Å². The smallest absolute Gasteiger partial charge is 0.343 e. The molecule has 0 aliphatic carbocycles. The second-order valence-corrected chi connectivity index (χ2v) is 4.06. The summed E-state index contributed by atoms with van der Waals surface area (Å²) in [5, 5.41) is 1.55. The van der Waals surface area contributed by atoms with Crippen molar-refractivity contribution >= 4 is 10.8 Å². The van der Waals surface area contributed by atoms with Crippen molar-refractivity contribution in [2.24, 2.45) is 0 Å². The Labute approximate surface area is 100 Å². The molecule has 3 heteroatoms. The lowest BCUT2D eigenvalue weighted by atomic mass is 10.1. The van der Waals surface area contributed by atoms with E-state index in [1.807, 2.05) is 31.2 Å². The molecule has 1 aromatic carbocycles. The van der Waals surface area contributed by atoms with Crippen LogP contribution in [0.2, 0.25) is 0 Å². The van der Waals surface area contributed by atoms with E-state index >= 15 is 0 Å². The van der Waals surface area contributed by atoms with Gasteiger partial charge >= 0.3 is 5.63 Å². The molecule has 1 atom stereocenters. The maximum atomic E-state index is 11.8. The second kappa shape index (κ2) is 5.15. The van der Waals surface area contributed by atoms with Gasteiger partial charge in [-0.2, -0.15) is 0 Å². The third kappa shape index (κ3) is 2.56. The Balaban J connectivity index is 2.40. The predicted molar refractivity (Wildman–Crippen MR) is 67.3 cm³/mol. The Bertz CT molecular complexity index is 553. The average Bonchev–Trinajstić information content (AvgIpc) is 2.36. The van der Waals surface area contributed by atoms with Crippen molar-refractivity contribution in [1.29, 1.82) is 0 Å². The van der Waals surface area contributed by atoms with Crippen molar-refractivity contribution in [3.05, 3.63) is 46.5 Å². The summed E-state index contributed by atoms with van der Waals surface area (Å²) < 4.78 is 10.6. The molecule has 3 nitrogen and oxygen atoms in total. The number of fused-ring (bicyclic) bond motifs is 1. The van der Waals surface area contributed by atoms with Crippen LogP contribution in [-0.4, -0.2) is 13.2 Å². The van der Waals surface area contributed by atoms with Crippen molar-refractivity contribution in [3.8, 4) is 0 Å². The van der Waals surface area contributed by atoms with Gasteiger partial charge in [0.1, 0.15) is 5.76 Å². The van der Waals surface area contributed by atoms with Gasteiger partial charge in [0.2, 0.25) is 0 Å². The Kier molecular flexibility index (Phi) is 3.59. The molecule has 0 radical (unpaired) electrons. The maximum absolute atomic E-state index is 11.8. The number of rotatable bonds is 4. The van der Waals surface area contributed by atoms with E-state index < -0.39 is 0 Å². The van der Waals surface area contributed by atoms with Crippen molar-refractivity contribution < 1.29 is 9.15 Å². The Morgan fingerprint density at radius 2 is 2.12 bits per heavy atom. The van der Waals surface area contributed by atoms with Crippen LogP contribution in [0.1, 0.15) is 19.1 Å². The van der Waals surface area contributed by atoms with Crippen molar-refractivity contribution in [1.82, 2.24) is 0 Å². The highest BCUT2D eigenvalue weighted by molar-refractivity contribution is 5.81. The zero-order valence-electron chi connectivity index (χ0n) is 10.1. The minimum Gasteiger partial charge on any atom is -0.427 e. The highest BCUT2D eigenvalue weighted by atomic mass is 16.5. The predicted octanol–water partition coefficient (Wildman–Crippen LogP) is 2.76. The van der Waals surface area contributed by atoms with Crippen LogP contribution >= 0.6 is 0 Å². The van der Waals surface area contributed by atoms with Crippen LogP contribution < -0.4 is 5.63 Å². The van der Waals surface area contributed by atoms with Gasteiger partial charge in [-0.15, -0.1) is 0 Å². The van der Waals surface area contributed by atoms with E-state index in [1.54, 1.807) is 13.2 Å². The summed E-state index contributed by atoms with van der Waals surface area (Å²) in [6.07, 6.45) is 1.62. The number of hydrogen-bond donors (Lipinski definition) is 0. The normalized spacial score (nSPS) is 12.8. The molecule has 1 aromatic heterocycles. The quantitative estimate of drug-likeness (QED) is 0.813. The first-order chi connectivity index (χ1) is 8.24. The fraction of sp³-hybridized carbons (Fsp3) is 0.357. The molecular formula is C14H16O3. The van der Waals surface area contributed by atoms with Gasteiger partial charge in [0.15, 0.2) is 0 Å². The fourth-order valence-electron chi connectivity index (χ4n) is 1.91. The van der Waals surface area contributed by atoms with Gasteiger partial charge in [0.25, 0.3) is 0 Å². The number of benzene rings is 1. The Morgan fingerprint density at radius 1 is 1.35 bits per heavy atom. The molecule has 2 rings (SSSR count). The van der Waals surface area contributed by atoms with Crippen LogP contribution in [0.15, 0.2) is 39.5 Å².